The fourth-order valence-corrected chi connectivity index (χ4v) is 3.90. The van der Waals surface area contributed by atoms with E-state index in [-0.39, 0.29) is 11.9 Å². The first-order valence-corrected chi connectivity index (χ1v) is 11.8. The van der Waals surface area contributed by atoms with Crippen LogP contribution in [0.4, 0.5) is 5.69 Å². The number of benzene rings is 1. The molecule has 0 aromatic heterocycles. The maximum Gasteiger partial charge on any atom is 0.255 e. The minimum absolute atomic E-state index is 0.110. The van der Waals surface area contributed by atoms with Crippen LogP contribution in [-0.4, -0.2) is 48.0 Å². The summed E-state index contributed by atoms with van der Waals surface area (Å²) >= 11 is 8.29. The molecule has 3 aliphatic heterocycles. The van der Waals surface area contributed by atoms with E-state index in [1.165, 1.54) is 25.7 Å². The maximum absolute atomic E-state index is 12.8. The van der Waals surface area contributed by atoms with Crippen LogP contribution in [0.1, 0.15) is 36.0 Å². The Morgan fingerprint density at radius 2 is 2.00 bits per heavy atom. The van der Waals surface area contributed by atoms with E-state index in [9.17, 15) is 4.79 Å². The minimum Gasteiger partial charge on any atom is -0.492 e. The van der Waals surface area contributed by atoms with Gasteiger partial charge in [0.05, 0.1) is 22.9 Å². The van der Waals surface area contributed by atoms with E-state index in [4.69, 9.17) is 22.1 Å². The number of ether oxygens (including phenoxy) is 1. The van der Waals surface area contributed by atoms with Gasteiger partial charge in [-0.15, -0.1) is 0 Å². The summed E-state index contributed by atoms with van der Waals surface area (Å²) in [4.78, 5) is 17.2. The number of nitrogens with two attached hydrogens (primary N) is 1. The Hall–Kier alpha value is -0.730. The van der Waals surface area contributed by atoms with Gasteiger partial charge in [0.15, 0.2) is 0 Å². The fourth-order valence-electron chi connectivity index (χ4n) is 3.73. The number of amides is 1. The van der Waals surface area contributed by atoms with Crippen molar-refractivity contribution in [2.24, 2.45) is 11.8 Å². The molecule has 0 radical (unpaired) electrons. The van der Waals surface area contributed by atoms with Crippen LogP contribution in [0, 0.1) is 11.8 Å². The molecule has 26 heavy (non-hydrogen) atoms. The van der Waals surface area contributed by atoms with Gasteiger partial charge in [-0.2, -0.15) is 0 Å². The second kappa shape index (κ2) is 8.97. The molecule has 4 aliphatic rings. The molecule has 1 amide bonds. The lowest BCUT2D eigenvalue weighted by Gasteiger charge is -2.44. The number of nitrogen functional groups attached to an aromatic ring is 1. The first-order chi connectivity index (χ1) is 12.6. The van der Waals surface area contributed by atoms with E-state index in [0.717, 1.165) is 19.6 Å². The molecule has 1 aromatic carbocycles. The zero-order valence-corrected chi connectivity index (χ0v) is 18.1. The van der Waals surface area contributed by atoms with Crippen molar-refractivity contribution in [3.05, 3.63) is 22.7 Å². The Balaban J connectivity index is 0.000000948. The van der Waals surface area contributed by atoms with Crippen molar-refractivity contribution in [3.8, 4) is 5.75 Å². The Kier molecular flexibility index (Phi) is 6.91. The monoisotopic (exact) mass is 491 g/mol. The van der Waals surface area contributed by atoms with E-state index >= 15 is 0 Å². The topological polar surface area (TPSA) is 67.6 Å². The number of alkyl halides is 1. The Labute approximate surface area is 174 Å². The minimum atomic E-state index is -0.110. The third kappa shape index (κ3) is 4.75. The van der Waals surface area contributed by atoms with Gasteiger partial charge < -0.3 is 20.7 Å². The van der Waals surface area contributed by atoms with Crippen LogP contribution in [0.3, 0.4) is 0 Å². The van der Waals surface area contributed by atoms with Crippen LogP contribution in [0.25, 0.3) is 0 Å². The largest absolute Gasteiger partial charge is 0.492 e. The van der Waals surface area contributed by atoms with Gasteiger partial charge in [-0.05, 0) is 61.6 Å². The molecule has 3 heterocycles. The molecule has 7 heteroatoms. The van der Waals surface area contributed by atoms with Crippen LogP contribution in [0.5, 0.6) is 5.75 Å². The van der Waals surface area contributed by atoms with Gasteiger partial charge in [-0.1, -0.05) is 34.2 Å². The van der Waals surface area contributed by atoms with Gasteiger partial charge >= 0.3 is 0 Å². The van der Waals surface area contributed by atoms with E-state index in [1.54, 1.807) is 12.1 Å². The number of carbonyl (C=O) groups excluding carboxylic acids is 1. The van der Waals surface area contributed by atoms with E-state index in [1.807, 2.05) is 4.93 Å². The summed E-state index contributed by atoms with van der Waals surface area (Å²) in [6.07, 6.45) is 4.73. The summed E-state index contributed by atoms with van der Waals surface area (Å²) < 4.78 is 5.86. The van der Waals surface area contributed by atoms with Crippen molar-refractivity contribution in [3.63, 3.8) is 0 Å². The highest BCUT2D eigenvalue weighted by atomic mass is 127. The van der Waals surface area contributed by atoms with E-state index in [2.05, 4.69) is 32.8 Å². The number of hydrogen-bond acceptors (Lipinski definition) is 4. The Morgan fingerprint density at radius 1 is 1.31 bits per heavy atom. The fraction of sp³-hybridized carbons (Fsp3) is 0.632. The maximum atomic E-state index is 12.8. The highest BCUT2D eigenvalue weighted by Gasteiger charge is 2.35. The molecule has 1 aromatic rings. The normalized spacial score (nSPS) is 26.7. The first-order valence-electron chi connectivity index (χ1n) is 9.23. The van der Waals surface area contributed by atoms with Gasteiger partial charge in [0.1, 0.15) is 5.75 Å². The Morgan fingerprint density at radius 3 is 2.58 bits per heavy atom. The number of nitrogens with zero attached hydrogens (tertiary/aromatic N) is 1. The van der Waals surface area contributed by atoms with E-state index < -0.39 is 0 Å². The molecule has 3 N–H and O–H groups in total. The summed E-state index contributed by atoms with van der Waals surface area (Å²) in [6, 6.07) is 3.53. The number of rotatable bonds is 5. The molecule has 1 unspecified atom stereocenters. The van der Waals surface area contributed by atoms with Crippen LogP contribution in [-0.2, 0) is 0 Å². The third-order valence-electron chi connectivity index (χ3n) is 5.49. The predicted molar refractivity (Wildman–Crippen MR) is 114 cm³/mol. The zero-order chi connectivity index (χ0) is 18.7. The zero-order valence-electron chi connectivity index (χ0n) is 15.1. The summed E-state index contributed by atoms with van der Waals surface area (Å²) in [7, 11) is 0. The highest BCUT2D eigenvalue weighted by molar-refractivity contribution is 14.1. The molecule has 3 saturated heterocycles. The van der Waals surface area contributed by atoms with Gasteiger partial charge in [0.2, 0.25) is 0 Å². The number of halogens is 2. The highest BCUT2D eigenvalue weighted by Crippen LogP contribution is 2.34. The van der Waals surface area contributed by atoms with Gasteiger partial charge in [0.25, 0.3) is 5.91 Å². The third-order valence-corrected chi connectivity index (χ3v) is 5.81. The first kappa shape index (κ1) is 20.0. The van der Waals surface area contributed by atoms with Gasteiger partial charge in [0, 0.05) is 18.7 Å². The number of hydrogen-bond donors (Lipinski definition) is 2. The second-order valence-corrected chi connectivity index (χ2v) is 7.75. The molecule has 0 spiro atoms. The quantitative estimate of drug-likeness (QED) is 0.375. The van der Waals surface area contributed by atoms with Gasteiger partial charge in [-0.3, -0.25) is 4.79 Å². The average Bonchev–Trinajstić information content (AvgIpc) is 3.49. The average molecular weight is 492 g/mol. The van der Waals surface area contributed by atoms with Gasteiger partial charge in [-0.25, -0.2) is 0 Å². The molecule has 1 saturated carbocycles. The van der Waals surface area contributed by atoms with Crippen molar-refractivity contribution in [1.29, 1.82) is 0 Å². The molecule has 5 rings (SSSR count). The van der Waals surface area contributed by atoms with Crippen molar-refractivity contribution in [2.45, 2.75) is 31.7 Å². The molecule has 4 fully saturated rings. The molecule has 1 aliphatic carbocycles. The molecule has 1 atom stereocenters. The van der Waals surface area contributed by atoms with Crippen molar-refractivity contribution in [1.82, 2.24) is 10.2 Å². The predicted octanol–water partition coefficient (Wildman–Crippen LogP) is 3.59. The van der Waals surface area contributed by atoms with Crippen LogP contribution >= 0.6 is 34.2 Å². The lowest BCUT2D eigenvalue weighted by atomic mass is 9.84. The second-order valence-electron chi connectivity index (χ2n) is 7.34. The summed E-state index contributed by atoms with van der Waals surface area (Å²) in [5.74, 6) is 1.63. The standard InChI is InChI=1S/C18H24ClN3O2.CH3I/c19-14-7-13(17(8-15(14)20)24-10-11-1-2-11)18(23)21-16-9-22-5-3-12(16)4-6-22;1-2/h7-8,11-12,16H,1-6,9-10,20H2,(H,21,23);1H3. The molecular weight excluding hydrogens is 465 g/mol. The van der Waals surface area contributed by atoms with Crippen LogP contribution < -0.4 is 15.8 Å². The number of fused-ring (bicyclic) bond motifs is 3. The smallest absolute Gasteiger partial charge is 0.255 e. The molecular formula is C19H27ClIN3O2. The lowest BCUT2D eigenvalue weighted by Crippen LogP contribution is -2.57. The number of anilines is 1. The van der Waals surface area contributed by atoms with Crippen molar-refractivity contribution in [2.75, 3.05) is 36.9 Å². The summed E-state index contributed by atoms with van der Waals surface area (Å²) in [5.41, 5.74) is 6.83. The van der Waals surface area contributed by atoms with Crippen molar-refractivity contribution < 1.29 is 9.53 Å². The summed E-state index contributed by atoms with van der Waals surface area (Å²) in [6.45, 7) is 3.89. The SMILES string of the molecule is CI.Nc1cc(OCC2CC2)c(C(=O)NC2CN3CCC2CC3)cc1Cl. The van der Waals surface area contributed by atoms with Crippen LogP contribution in [0.2, 0.25) is 5.02 Å². The number of carbonyl (C=O) groups is 1. The van der Waals surface area contributed by atoms with E-state index in [0.29, 0.717) is 40.5 Å². The molecule has 144 valence electrons. The molecule has 2 bridgehead atoms. The number of piperidine rings is 3. The lowest BCUT2D eigenvalue weighted by molar-refractivity contribution is 0.0618. The summed E-state index contributed by atoms with van der Waals surface area (Å²) in [5, 5.41) is 3.59. The number of nitrogens with one attached hydrogen (secondary N) is 1. The van der Waals surface area contributed by atoms with Crippen LogP contribution in [0.15, 0.2) is 12.1 Å². The van der Waals surface area contributed by atoms with Crippen molar-refractivity contribution >= 4 is 45.8 Å². The molecule has 5 nitrogen and oxygen atoms in total. The Bertz CT molecular complexity index is 646.